The molecule has 0 aliphatic rings. The van der Waals surface area contributed by atoms with Crippen molar-refractivity contribution in [3.05, 3.63) is 123 Å². The number of nitrogens with one attached hydrogen (secondary N) is 1. The molecular weight excluding hydrogens is 431 g/mol. The van der Waals surface area contributed by atoms with Gasteiger partial charge in [-0.15, -0.1) is 0 Å². The predicted molar refractivity (Wildman–Crippen MR) is 114 cm³/mol. The van der Waals surface area contributed by atoms with Crippen LogP contribution < -0.4 is 0 Å². The molecule has 3 aromatic carbocycles. The summed E-state index contributed by atoms with van der Waals surface area (Å²) in [5.74, 6) is 0.927. The Morgan fingerprint density at radius 3 is 1.38 bits per heavy atom. The van der Waals surface area contributed by atoms with E-state index in [1.54, 1.807) is 0 Å². The monoisotopic (exact) mass is 450 g/mol. The first-order valence-electron chi connectivity index (χ1n) is 8.62. The fraction of sp³-hybridized carbons (Fsp3) is 0.0870. The number of nitrogens with zero attached hydrogens (tertiary/aromatic N) is 1. The molecule has 26 heavy (non-hydrogen) atoms. The van der Waals surface area contributed by atoms with E-state index in [9.17, 15) is 0 Å². The number of hydrogen-bond acceptors (Lipinski definition) is 1. The van der Waals surface area contributed by atoms with Crippen molar-refractivity contribution in [2.45, 2.75) is 12.3 Å². The van der Waals surface area contributed by atoms with Crippen molar-refractivity contribution in [3.63, 3.8) is 0 Å². The normalized spacial score (nSPS) is 11.5. The molecule has 2 nitrogen and oxygen atoms in total. The quantitative estimate of drug-likeness (QED) is 0.313. The van der Waals surface area contributed by atoms with E-state index in [0.29, 0.717) is 0 Å². The maximum atomic E-state index is 4.68. The van der Waals surface area contributed by atoms with E-state index in [1.165, 1.54) is 16.7 Å². The van der Waals surface area contributed by atoms with Gasteiger partial charge in [0.25, 0.3) is 0 Å². The SMILES string of the molecule is Cc1nc(I)c(C(c2ccccc2)(c2ccccc2)c2ccccc2)[nH]1. The van der Waals surface area contributed by atoms with Crippen LogP contribution in [0.15, 0.2) is 91.0 Å². The Labute approximate surface area is 167 Å². The van der Waals surface area contributed by atoms with Gasteiger partial charge in [0.2, 0.25) is 0 Å². The van der Waals surface area contributed by atoms with Crippen LogP contribution >= 0.6 is 22.6 Å². The second kappa shape index (κ2) is 7.08. The van der Waals surface area contributed by atoms with Crippen molar-refractivity contribution in [2.75, 3.05) is 0 Å². The number of aromatic amines is 1. The zero-order chi connectivity index (χ0) is 18.0. The second-order valence-electron chi connectivity index (χ2n) is 6.34. The molecule has 0 spiro atoms. The van der Waals surface area contributed by atoms with Gasteiger partial charge in [0.1, 0.15) is 9.53 Å². The first-order valence-corrected chi connectivity index (χ1v) is 9.70. The highest BCUT2D eigenvalue weighted by Gasteiger charge is 2.41. The maximum Gasteiger partial charge on any atom is 0.124 e. The minimum Gasteiger partial charge on any atom is -0.344 e. The van der Waals surface area contributed by atoms with Crippen LogP contribution in [-0.4, -0.2) is 9.97 Å². The lowest BCUT2D eigenvalue weighted by atomic mass is 9.67. The van der Waals surface area contributed by atoms with E-state index in [4.69, 9.17) is 0 Å². The number of rotatable bonds is 4. The lowest BCUT2D eigenvalue weighted by Gasteiger charge is -2.35. The standard InChI is InChI=1S/C23H19IN2/c1-17-25-21(22(24)26-17)23(18-11-5-2-6-12-18,19-13-7-3-8-14-19)20-15-9-4-10-16-20/h2-16H,1H3,(H,25,26). The summed E-state index contributed by atoms with van der Waals surface area (Å²) in [6.45, 7) is 2.01. The van der Waals surface area contributed by atoms with Crippen LogP contribution in [0.1, 0.15) is 28.2 Å². The van der Waals surface area contributed by atoms with Crippen molar-refractivity contribution >= 4 is 22.6 Å². The maximum absolute atomic E-state index is 4.68. The Hall–Kier alpha value is -2.40. The Morgan fingerprint density at radius 2 is 1.08 bits per heavy atom. The summed E-state index contributed by atoms with van der Waals surface area (Å²) in [5.41, 5.74) is 4.33. The Bertz CT molecular complexity index is 896. The molecule has 4 rings (SSSR count). The molecule has 4 aromatic rings. The number of imidazole rings is 1. The van der Waals surface area contributed by atoms with E-state index in [-0.39, 0.29) is 0 Å². The van der Waals surface area contributed by atoms with Crippen LogP contribution in [0.5, 0.6) is 0 Å². The summed E-state index contributed by atoms with van der Waals surface area (Å²) in [5, 5.41) is 0. The van der Waals surface area contributed by atoms with Gasteiger partial charge in [-0.3, -0.25) is 0 Å². The third-order valence-corrected chi connectivity index (χ3v) is 5.55. The number of aromatic nitrogens is 2. The zero-order valence-corrected chi connectivity index (χ0v) is 16.6. The summed E-state index contributed by atoms with van der Waals surface area (Å²) in [6, 6.07) is 32.0. The molecule has 0 amide bonds. The van der Waals surface area contributed by atoms with Gasteiger partial charge in [0, 0.05) is 0 Å². The van der Waals surface area contributed by atoms with Crippen LogP contribution in [0, 0.1) is 10.6 Å². The van der Waals surface area contributed by atoms with Gasteiger partial charge in [0.15, 0.2) is 0 Å². The fourth-order valence-electron chi connectivity index (χ4n) is 3.71. The van der Waals surface area contributed by atoms with Gasteiger partial charge in [-0.1, -0.05) is 91.0 Å². The molecule has 0 fully saturated rings. The highest BCUT2D eigenvalue weighted by atomic mass is 127. The molecule has 0 aliphatic carbocycles. The molecule has 1 aromatic heterocycles. The van der Waals surface area contributed by atoms with E-state index in [1.807, 2.05) is 6.92 Å². The first kappa shape index (κ1) is 17.0. The minimum atomic E-state index is -0.443. The third kappa shape index (κ3) is 2.76. The van der Waals surface area contributed by atoms with E-state index in [0.717, 1.165) is 15.2 Å². The molecule has 0 radical (unpaired) electrons. The molecule has 128 valence electrons. The Morgan fingerprint density at radius 1 is 0.692 bits per heavy atom. The van der Waals surface area contributed by atoms with Gasteiger partial charge in [-0.2, -0.15) is 0 Å². The van der Waals surface area contributed by atoms with Crippen molar-refractivity contribution in [3.8, 4) is 0 Å². The van der Waals surface area contributed by atoms with Crippen LogP contribution in [0.4, 0.5) is 0 Å². The van der Waals surface area contributed by atoms with Crippen LogP contribution in [0.3, 0.4) is 0 Å². The Balaban J connectivity index is 2.16. The largest absolute Gasteiger partial charge is 0.344 e. The first-order chi connectivity index (χ1) is 12.7. The second-order valence-corrected chi connectivity index (χ2v) is 7.36. The van der Waals surface area contributed by atoms with Crippen molar-refractivity contribution in [1.29, 1.82) is 0 Å². The number of hydrogen-bond donors (Lipinski definition) is 1. The Kier molecular flexibility index (Phi) is 4.64. The van der Waals surface area contributed by atoms with Crippen molar-refractivity contribution < 1.29 is 0 Å². The highest BCUT2D eigenvalue weighted by molar-refractivity contribution is 14.1. The molecule has 0 unspecified atom stereocenters. The lowest BCUT2D eigenvalue weighted by molar-refractivity contribution is 0.713. The average Bonchev–Trinajstić information content (AvgIpc) is 3.03. The number of benzene rings is 3. The molecule has 0 saturated heterocycles. The van der Waals surface area contributed by atoms with Gasteiger partial charge >= 0.3 is 0 Å². The van der Waals surface area contributed by atoms with E-state index in [2.05, 4.69) is 124 Å². The predicted octanol–water partition coefficient (Wildman–Crippen LogP) is 5.71. The van der Waals surface area contributed by atoms with Crippen LogP contribution in [0.25, 0.3) is 0 Å². The third-order valence-electron chi connectivity index (χ3n) is 4.77. The smallest absolute Gasteiger partial charge is 0.124 e. The molecular formula is C23H19IN2. The average molecular weight is 450 g/mol. The molecule has 3 heteroatoms. The number of aryl methyl sites for hydroxylation is 1. The number of halogens is 1. The summed E-state index contributed by atoms with van der Waals surface area (Å²) >= 11 is 2.34. The molecule has 0 bridgehead atoms. The van der Waals surface area contributed by atoms with Gasteiger partial charge < -0.3 is 4.98 Å². The lowest BCUT2D eigenvalue weighted by Crippen LogP contribution is -2.32. The summed E-state index contributed by atoms with van der Waals surface area (Å²) in [6.07, 6.45) is 0. The van der Waals surface area contributed by atoms with Crippen LogP contribution in [0.2, 0.25) is 0 Å². The van der Waals surface area contributed by atoms with Crippen molar-refractivity contribution in [1.82, 2.24) is 9.97 Å². The highest BCUT2D eigenvalue weighted by Crippen LogP contribution is 2.45. The van der Waals surface area contributed by atoms with Gasteiger partial charge in [-0.25, -0.2) is 4.98 Å². The van der Waals surface area contributed by atoms with Gasteiger partial charge in [0.05, 0.1) is 11.1 Å². The summed E-state index contributed by atoms with van der Waals surface area (Å²) in [7, 11) is 0. The topological polar surface area (TPSA) is 28.7 Å². The molecule has 0 aliphatic heterocycles. The van der Waals surface area contributed by atoms with E-state index >= 15 is 0 Å². The van der Waals surface area contributed by atoms with Crippen molar-refractivity contribution in [2.24, 2.45) is 0 Å². The molecule has 1 heterocycles. The molecule has 1 N–H and O–H groups in total. The molecule has 0 atom stereocenters. The summed E-state index contributed by atoms with van der Waals surface area (Å²) in [4.78, 5) is 8.25. The fourth-order valence-corrected chi connectivity index (χ4v) is 4.61. The van der Waals surface area contributed by atoms with Crippen LogP contribution in [-0.2, 0) is 5.41 Å². The van der Waals surface area contributed by atoms with E-state index < -0.39 is 5.41 Å². The zero-order valence-electron chi connectivity index (χ0n) is 14.5. The minimum absolute atomic E-state index is 0.443. The number of H-pyrrole nitrogens is 1. The molecule has 0 saturated carbocycles. The summed E-state index contributed by atoms with van der Waals surface area (Å²) < 4.78 is 0.997. The van der Waals surface area contributed by atoms with Gasteiger partial charge in [-0.05, 0) is 46.2 Å².